The largest absolute Gasteiger partial charge is 0.481 e. The predicted molar refractivity (Wildman–Crippen MR) is 55.7 cm³/mol. The van der Waals surface area contributed by atoms with Crippen LogP contribution in [-0.2, 0) is 9.59 Å². The van der Waals surface area contributed by atoms with Crippen LogP contribution in [0.2, 0.25) is 0 Å². The van der Waals surface area contributed by atoms with Gasteiger partial charge in [0.1, 0.15) is 6.10 Å². The minimum Gasteiger partial charge on any atom is -0.481 e. The average molecular weight is 237 g/mol. The minimum absolute atomic E-state index is 0. The summed E-state index contributed by atoms with van der Waals surface area (Å²) in [6.45, 7) is 2.70. The van der Waals surface area contributed by atoms with Crippen molar-refractivity contribution >= 4 is 11.9 Å². The Kier molecular flexibility index (Phi) is 7.70. The van der Waals surface area contributed by atoms with Gasteiger partial charge in [0.2, 0.25) is 5.91 Å². The Hall–Kier alpha value is -1.18. The minimum atomic E-state index is -1.35. The molecule has 0 radical (unpaired) electrons. The molecule has 0 spiro atoms. The van der Waals surface area contributed by atoms with E-state index in [1.54, 1.807) is 0 Å². The molecule has 1 atom stereocenters. The monoisotopic (exact) mass is 237 g/mol. The summed E-state index contributed by atoms with van der Waals surface area (Å²) in [4.78, 5) is 21.4. The van der Waals surface area contributed by atoms with Crippen LogP contribution in [0.15, 0.2) is 0 Å². The maximum Gasteiger partial charge on any atom is 0.305 e. The lowest BCUT2D eigenvalue weighted by molar-refractivity contribution is -0.138. The van der Waals surface area contributed by atoms with Gasteiger partial charge in [0, 0.05) is 12.0 Å². The quantitative estimate of drug-likeness (QED) is 0.428. The van der Waals surface area contributed by atoms with Gasteiger partial charge in [-0.3, -0.25) is 9.59 Å². The number of carbonyl (C=O) groups is 2. The summed E-state index contributed by atoms with van der Waals surface area (Å²) in [7, 11) is 0. The van der Waals surface area contributed by atoms with Gasteiger partial charge in [-0.25, -0.2) is 0 Å². The first kappa shape index (κ1) is 17.2. The number of hydrogen-bond acceptors (Lipinski definition) is 4. The number of nitrogens with one attached hydrogen (secondary N) is 1. The van der Waals surface area contributed by atoms with Crippen molar-refractivity contribution in [2.24, 2.45) is 5.41 Å². The third-order valence-corrected chi connectivity index (χ3v) is 2.03. The van der Waals surface area contributed by atoms with Crippen LogP contribution in [0.25, 0.3) is 0 Å². The molecular weight excluding hydrogens is 218 g/mol. The molecule has 0 aromatic carbocycles. The van der Waals surface area contributed by atoms with Crippen molar-refractivity contribution in [1.82, 2.24) is 5.32 Å². The molecule has 6 N–H and O–H groups in total. The standard InChI is InChI=1S/C9H17NO5.H2O/c1-9(2,5-11)7(14)8(15)10-4-3-6(12)13;/h7,11,14H,3-5H2,1-2H3,(H,10,15)(H,12,13);1H2. The number of carboxylic acids is 1. The molecule has 0 saturated heterocycles. The summed E-state index contributed by atoms with van der Waals surface area (Å²) < 4.78 is 0. The van der Waals surface area contributed by atoms with Crippen molar-refractivity contribution < 1.29 is 30.4 Å². The van der Waals surface area contributed by atoms with Crippen LogP contribution in [0.1, 0.15) is 20.3 Å². The zero-order valence-electron chi connectivity index (χ0n) is 9.36. The van der Waals surface area contributed by atoms with Crippen molar-refractivity contribution in [1.29, 1.82) is 0 Å². The van der Waals surface area contributed by atoms with E-state index >= 15 is 0 Å². The number of hydrogen-bond donors (Lipinski definition) is 4. The molecule has 0 aliphatic heterocycles. The maximum atomic E-state index is 11.3. The second kappa shape index (κ2) is 7.15. The van der Waals surface area contributed by atoms with E-state index in [1.807, 2.05) is 0 Å². The van der Waals surface area contributed by atoms with Crippen LogP contribution in [0.3, 0.4) is 0 Å². The molecule has 0 heterocycles. The van der Waals surface area contributed by atoms with Gasteiger partial charge in [0.15, 0.2) is 0 Å². The number of carboxylic acid groups (broad SMARTS) is 1. The summed E-state index contributed by atoms with van der Waals surface area (Å²) in [5.41, 5.74) is -0.937. The first-order valence-corrected chi connectivity index (χ1v) is 4.59. The van der Waals surface area contributed by atoms with Crippen LogP contribution < -0.4 is 5.32 Å². The molecule has 0 aliphatic rings. The molecule has 0 aromatic heterocycles. The fourth-order valence-corrected chi connectivity index (χ4v) is 0.831. The Morgan fingerprint density at radius 1 is 1.38 bits per heavy atom. The lowest BCUT2D eigenvalue weighted by atomic mass is 9.87. The van der Waals surface area contributed by atoms with E-state index < -0.39 is 23.4 Å². The van der Waals surface area contributed by atoms with E-state index in [-0.39, 0.29) is 25.0 Å². The molecule has 1 unspecified atom stereocenters. The van der Waals surface area contributed by atoms with Gasteiger partial charge >= 0.3 is 5.97 Å². The van der Waals surface area contributed by atoms with Crippen molar-refractivity contribution in [2.75, 3.05) is 13.2 Å². The van der Waals surface area contributed by atoms with Gasteiger partial charge in [-0.15, -0.1) is 0 Å². The molecule has 0 bridgehead atoms. The molecular formula is C9H19NO6. The Balaban J connectivity index is 0. The van der Waals surface area contributed by atoms with Crippen molar-refractivity contribution in [2.45, 2.75) is 26.4 Å². The molecule has 7 heteroatoms. The molecule has 96 valence electrons. The van der Waals surface area contributed by atoms with E-state index in [4.69, 9.17) is 10.2 Å². The zero-order chi connectivity index (χ0) is 12.1. The lowest BCUT2D eigenvalue weighted by Crippen LogP contribution is -2.45. The smallest absolute Gasteiger partial charge is 0.305 e. The average Bonchev–Trinajstić information content (AvgIpc) is 2.15. The molecule has 1 amide bonds. The van der Waals surface area contributed by atoms with E-state index in [0.29, 0.717) is 0 Å². The fourth-order valence-electron chi connectivity index (χ4n) is 0.831. The third kappa shape index (κ3) is 5.64. The van der Waals surface area contributed by atoms with Gasteiger partial charge in [0.05, 0.1) is 13.0 Å². The number of amides is 1. The summed E-state index contributed by atoms with van der Waals surface area (Å²) >= 11 is 0. The molecule has 0 fully saturated rings. The summed E-state index contributed by atoms with van der Waals surface area (Å²) in [5.74, 6) is -1.69. The Morgan fingerprint density at radius 3 is 2.25 bits per heavy atom. The number of rotatable bonds is 6. The SMILES string of the molecule is CC(C)(CO)C(O)C(=O)NCCC(=O)O.O. The lowest BCUT2D eigenvalue weighted by Gasteiger charge is -2.26. The van der Waals surface area contributed by atoms with Crippen LogP contribution in [0.5, 0.6) is 0 Å². The second-order valence-electron chi connectivity index (χ2n) is 3.98. The molecule has 0 aliphatic carbocycles. The fraction of sp³-hybridized carbons (Fsp3) is 0.778. The van der Waals surface area contributed by atoms with E-state index in [2.05, 4.69) is 5.32 Å². The van der Waals surface area contributed by atoms with Crippen LogP contribution in [-0.4, -0.2) is 51.9 Å². The molecule has 0 saturated carbocycles. The van der Waals surface area contributed by atoms with Gasteiger partial charge in [-0.05, 0) is 0 Å². The summed E-state index contributed by atoms with van der Waals surface area (Å²) in [6, 6.07) is 0. The van der Waals surface area contributed by atoms with Crippen molar-refractivity contribution in [3.8, 4) is 0 Å². The first-order chi connectivity index (χ1) is 6.81. The molecule has 0 aromatic rings. The maximum absolute atomic E-state index is 11.3. The van der Waals surface area contributed by atoms with Crippen LogP contribution in [0, 0.1) is 5.41 Å². The van der Waals surface area contributed by atoms with E-state index in [0.717, 1.165) is 0 Å². The van der Waals surface area contributed by atoms with E-state index in [9.17, 15) is 14.7 Å². The number of carbonyl (C=O) groups excluding carboxylic acids is 1. The number of aliphatic hydroxyl groups excluding tert-OH is 2. The second-order valence-corrected chi connectivity index (χ2v) is 3.98. The highest BCUT2D eigenvalue weighted by Crippen LogP contribution is 2.19. The number of aliphatic hydroxyl groups is 2. The highest BCUT2D eigenvalue weighted by molar-refractivity contribution is 5.81. The Bertz CT molecular complexity index is 240. The van der Waals surface area contributed by atoms with Crippen molar-refractivity contribution in [3.63, 3.8) is 0 Å². The third-order valence-electron chi connectivity index (χ3n) is 2.03. The van der Waals surface area contributed by atoms with Crippen molar-refractivity contribution in [3.05, 3.63) is 0 Å². The molecule has 7 nitrogen and oxygen atoms in total. The Labute approximate surface area is 93.4 Å². The highest BCUT2D eigenvalue weighted by Gasteiger charge is 2.32. The van der Waals surface area contributed by atoms with Gasteiger partial charge < -0.3 is 26.1 Å². The topological polar surface area (TPSA) is 138 Å². The normalized spacial score (nSPS) is 12.5. The van der Waals surface area contributed by atoms with E-state index in [1.165, 1.54) is 13.8 Å². The first-order valence-electron chi connectivity index (χ1n) is 4.59. The van der Waals surface area contributed by atoms with Crippen LogP contribution in [0.4, 0.5) is 0 Å². The van der Waals surface area contributed by atoms with Gasteiger partial charge in [0.25, 0.3) is 0 Å². The summed E-state index contributed by atoms with van der Waals surface area (Å²) in [6.07, 6.45) is -1.55. The molecule has 16 heavy (non-hydrogen) atoms. The molecule has 0 rings (SSSR count). The predicted octanol–water partition coefficient (Wildman–Crippen LogP) is -1.87. The number of aliphatic carboxylic acids is 1. The Morgan fingerprint density at radius 2 is 1.88 bits per heavy atom. The van der Waals surface area contributed by atoms with Crippen LogP contribution >= 0.6 is 0 Å². The van der Waals surface area contributed by atoms with Gasteiger partial charge in [-0.1, -0.05) is 13.8 Å². The zero-order valence-corrected chi connectivity index (χ0v) is 9.36. The van der Waals surface area contributed by atoms with Gasteiger partial charge in [-0.2, -0.15) is 0 Å². The highest BCUT2D eigenvalue weighted by atomic mass is 16.4. The summed E-state index contributed by atoms with van der Waals surface area (Å²) in [5, 5.41) is 29.0.